The van der Waals surface area contributed by atoms with Crippen molar-refractivity contribution < 1.29 is 22.7 Å². The van der Waals surface area contributed by atoms with Crippen molar-refractivity contribution in [2.24, 2.45) is 0 Å². The lowest BCUT2D eigenvalue weighted by Gasteiger charge is -2.26. The van der Waals surface area contributed by atoms with Crippen LogP contribution in [0, 0.1) is 6.92 Å². The molecule has 0 saturated carbocycles. The minimum Gasteiger partial charge on any atom is -0.449 e. The summed E-state index contributed by atoms with van der Waals surface area (Å²) >= 11 is 0. The SMILES string of the molecule is Cc1ccnn1-c1ccc(C(=O)O[C@H](C)C(=O)N(C)[C@@H]2CCS(=O)(=O)C2)cc1. The van der Waals surface area contributed by atoms with Crippen molar-refractivity contribution in [3.8, 4) is 5.69 Å². The number of rotatable bonds is 5. The van der Waals surface area contributed by atoms with Crippen molar-refractivity contribution in [2.75, 3.05) is 18.6 Å². The second kappa shape index (κ2) is 7.75. The minimum atomic E-state index is -3.10. The fraction of sp³-hybridized carbons (Fsp3) is 0.421. The number of carbonyl (C=O) groups excluding carboxylic acids is 2. The molecule has 2 aromatic rings. The predicted octanol–water partition coefficient (Wildman–Crippen LogP) is 1.37. The highest BCUT2D eigenvalue weighted by Crippen LogP contribution is 2.18. The van der Waals surface area contributed by atoms with Crippen LogP contribution in [0.5, 0.6) is 0 Å². The molecule has 0 spiro atoms. The second-order valence-corrected chi connectivity index (χ2v) is 9.21. The average Bonchev–Trinajstić information content (AvgIpc) is 3.25. The quantitative estimate of drug-likeness (QED) is 0.697. The van der Waals surface area contributed by atoms with E-state index in [9.17, 15) is 18.0 Å². The summed E-state index contributed by atoms with van der Waals surface area (Å²) in [5, 5.41) is 4.21. The number of hydrogen-bond acceptors (Lipinski definition) is 6. The molecule has 150 valence electrons. The van der Waals surface area contributed by atoms with Crippen LogP contribution in [-0.4, -0.2) is 65.7 Å². The molecule has 8 nitrogen and oxygen atoms in total. The third kappa shape index (κ3) is 4.24. The molecular weight excluding hydrogens is 382 g/mol. The predicted molar refractivity (Wildman–Crippen MR) is 103 cm³/mol. The van der Waals surface area contributed by atoms with E-state index >= 15 is 0 Å². The fourth-order valence-electron chi connectivity index (χ4n) is 3.21. The zero-order valence-corrected chi connectivity index (χ0v) is 16.8. The Balaban J connectivity index is 1.62. The first-order chi connectivity index (χ1) is 13.2. The van der Waals surface area contributed by atoms with Crippen LogP contribution >= 0.6 is 0 Å². The van der Waals surface area contributed by atoms with Gasteiger partial charge in [0.15, 0.2) is 15.9 Å². The molecular formula is C19H23N3O5S. The maximum Gasteiger partial charge on any atom is 0.338 e. The van der Waals surface area contributed by atoms with Gasteiger partial charge in [-0.2, -0.15) is 5.10 Å². The van der Waals surface area contributed by atoms with Crippen molar-refractivity contribution in [1.29, 1.82) is 0 Å². The number of benzene rings is 1. The van der Waals surface area contributed by atoms with Crippen LogP contribution in [0.4, 0.5) is 0 Å². The molecule has 0 unspecified atom stereocenters. The topological polar surface area (TPSA) is 98.6 Å². The summed E-state index contributed by atoms with van der Waals surface area (Å²) in [6, 6.07) is 8.22. The van der Waals surface area contributed by atoms with E-state index in [0.717, 1.165) is 11.4 Å². The van der Waals surface area contributed by atoms with Gasteiger partial charge in [-0.25, -0.2) is 17.9 Å². The fourth-order valence-corrected chi connectivity index (χ4v) is 4.98. The van der Waals surface area contributed by atoms with Crippen molar-refractivity contribution in [3.05, 3.63) is 47.8 Å². The van der Waals surface area contributed by atoms with E-state index in [0.29, 0.717) is 12.0 Å². The van der Waals surface area contributed by atoms with Gasteiger partial charge in [-0.3, -0.25) is 4.79 Å². The van der Waals surface area contributed by atoms with Crippen LogP contribution in [0.2, 0.25) is 0 Å². The molecule has 1 saturated heterocycles. The molecule has 1 aromatic carbocycles. The lowest BCUT2D eigenvalue weighted by atomic mass is 10.2. The van der Waals surface area contributed by atoms with Crippen molar-refractivity contribution in [3.63, 3.8) is 0 Å². The number of ether oxygens (including phenoxy) is 1. The van der Waals surface area contributed by atoms with E-state index in [1.165, 1.54) is 11.8 Å². The third-order valence-corrected chi connectivity index (χ3v) is 6.67. The van der Waals surface area contributed by atoms with Crippen LogP contribution in [0.3, 0.4) is 0 Å². The normalized spacial score (nSPS) is 19.2. The van der Waals surface area contributed by atoms with Gasteiger partial charge in [0.05, 0.1) is 22.8 Å². The van der Waals surface area contributed by atoms with Gasteiger partial charge in [0.25, 0.3) is 5.91 Å². The lowest BCUT2D eigenvalue weighted by molar-refractivity contribution is -0.140. The monoisotopic (exact) mass is 405 g/mol. The molecule has 3 rings (SSSR count). The summed E-state index contributed by atoms with van der Waals surface area (Å²) in [6.07, 6.45) is 1.09. The van der Waals surface area contributed by atoms with Crippen LogP contribution in [-0.2, 0) is 19.4 Å². The van der Waals surface area contributed by atoms with Gasteiger partial charge in [0.1, 0.15) is 0 Å². The van der Waals surface area contributed by atoms with Gasteiger partial charge < -0.3 is 9.64 Å². The summed E-state index contributed by atoms with van der Waals surface area (Å²) in [4.78, 5) is 26.2. The molecule has 1 fully saturated rings. The number of hydrogen-bond donors (Lipinski definition) is 0. The average molecular weight is 405 g/mol. The van der Waals surface area contributed by atoms with Gasteiger partial charge in [-0.1, -0.05) is 0 Å². The Morgan fingerprint density at radius 1 is 1.25 bits per heavy atom. The molecule has 1 aliphatic rings. The van der Waals surface area contributed by atoms with E-state index in [2.05, 4.69) is 5.10 Å². The Morgan fingerprint density at radius 2 is 1.93 bits per heavy atom. The van der Waals surface area contributed by atoms with E-state index in [1.807, 2.05) is 13.0 Å². The number of aryl methyl sites for hydroxylation is 1. The first-order valence-electron chi connectivity index (χ1n) is 8.97. The number of carbonyl (C=O) groups is 2. The highest BCUT2D eigenvalue weighted by Gasteiger charge is 2.35. The highest BCUT2D eigenvalue weighted by molar-refractivity contribution is 7.91. The number of esters is 1. The van der Waals surface area contributed by atoms with Gasteiger partial charge in [0, 0.05) is 25.0 Å². The zero-order chi connectivity index (χ0) is 20.5. The third-order valence-electron chi connectivity index (χ3n) is 4.91. The molecule has 0 aliphatic carbocycles. The molecule has 1 aromatic heterocycles. The summed E-state index contributed by atoms with van der Waals surface area (Å²) < 4.78 is 30.2. The summed E-state index contributed by atoms with van der Waals surface area (Å²) in [6.45, 7) is 3.41. The van der Waals surface area contributed by atoms with Crippen LogP contribution < -0.4 is 0 Å². The van der Waals surface area contributed by atoms with E-state index < -0.39 is 27.8 Å². The Labute approximate surface area is 164 Å². The van der Waals surface area contributed by atoms with Crippen molar-refractivity contribution in [2.45, 2.75) is 32.4 Å². The van der Waals surface area contributed by atoms with Gasteiger partial charge >= 0.3 is 5.97 Å². The van der Waals surface area contributed by atoms with Gasteiger partial charge in [0.2, 0.25) is 0 Å². The van der Waals surface area contributed by atoms with Crippen molar-refractivity contribution >= 4 is 21.7 Å². The standard InChI is InChI=1S/C19H23N3O5S/c1-13-8-10-20-22(13)16-6-4-15(5-7-16)19(24)27-14(2)18(23)21(3)17-9-11-28(25,26)12-17/h4-8,10,14,17H,9,11-12H2,1-3H3/t14-,17-/m1/s1. The number of amides is 1. The summed E-state index contributed by atoms with van der Waals surface area (Å²) in [5.74, 6) is -1.01. The summed E-state index contributed by atoms with van der Waals surface area (Å²) in [5.41, 5.74) is 2.09. The highest BCUT2D eigenvalue weighted by atomic mass is 32.2. The Kier molecular flexibility index (Phi) is 5.55. The number of aromatic nitrogens is 2. The Hall–Kier alpha value is -2.68. The first kappa shape index (κ1) is 20.1. The lowest BCUT2D eigenvalue weighted by Crippen LogP contribution is -2.44. The second-order valence-electron chi connectivity index (χ2n) is 6.98. The summed E-state index contributed by atoms with van der Waals surface area (Å²) in [7, 11) is -1.56. The smallest absolute Gasteiger partial charge is 0.338 e. The maximum atomic E-state index is 12.5. The first-order valence-corrected chi connectivity index (χ1v) is 10.8. The molecule has 0 bridgehead atoms. The Bertz CT molecular complexity index is 981. The molecule has 0 N–H and O–H groups in total. The van der Waals surface area contributed by atoms with Crippen molar-refractivity contribution in [1.82, 2.24) is 14.7 Å². The molecule has 1 amide bonds. The molecule has 1 aliphatic heterocycles. The van der Waals surface area contributed by atoms with Gasteiger partial charge in [-0.05, 0) is 50.6 Å². The molecule has 28 heavy (non-hydrogen) atoms. The number of likely N-dealkylation sites (N-methyl/N-ethyl adjacent to an activating group) is 1. The maximum absolute atomic E-state index is 12.5. The van der Waals surface area contributed by atoms with E-state index in [-0.39, 0.29) is 17.5 Å². The van der Waals surface area contributed by atoms with Crippen LogP contribution in [0.25, 0.3) is 5.69 Å². The van der Waals surface area contributed by atoms with Crippen LogP contribution in [0.15, 0.2) is 36.5 Å². The number of nitrogens with zero attached hydrogens (tertiary/aromatic N) is 3. The van der Waals surface area contributed by atoms with Crippen LogP contribution in [0.1, 0.15) is 29.4 Å². The number of sulfone groups is 1. The largest absolute Gasteiger partial charge is 0.449 e. The molecule has 0 radical (unpaired) electrons. The van der Waals surface area contributed by atoms with E-state index in [1.54, 1.807) is 42.2 Å². The zero-order valence-electron chi connectivity index (χ0n) is 16.0. The Morgan fingerprint density at radius 3 is 2.46 bits per heavy atom. The molecule has 2 atom stereocenters. The molecule has 2 heterocycles. The minimum absolute atomic E-state index is 0.0514. The molecule has 9 heteroatoms. The van der Waals surface area contributed by atoms with Gasteiger partial charge in [-0.15, -0.1) is 0 Å². The van der Waals surface area contributed by atoms with E-state index in [4.69, 9.17) is 4.74 Å².